The van der Waals surface area contributed by atoms with Crippen LogP contribution in [-0.4, -0.2) is 49.5 Å². The zero-order valence-corrected chi connectivity index (χ0v) is 18.5. The fourth-order valence-corrected chi connectivity index (χ4v) is 4.15. The van der Waals surface area contributed by atoms with Crippen LogP contribution in [0.4, 0.5) is 11.5 Å². The third kappa shape index (κ3) is 4.69. The molecule has 2 aromatic carbocycles. The van der Waals surface area contributed by atoms with Gasteiger partial charge < -0.3 is 24.4 Å². The van der Waals surface area contributed by atoms with Crippen LogP contribution in [0.5, 0.6) is 17.2 Å². The highest BCUT2D eigenvalue weighted by molar-refractivity contribution is 5.93. The number of piperidine rings is 1. The molecule has 0 bridgehead atoms. The highest BCUT2D eigenvalue weighted by Gasteiger charge is 2.26. The number of rotatable bonds is 5. The molecule has 1 N–H and O–H groups in total. The van der Waals surface area contributed by atoms with Crippen molar-refractivity contribution in [2.75, 3.05) is 43.6 Å². The summed E-state index contributed by atoms with van der Waals surface area (Å²) < 4.78 is 16.3. The van der Waals surface area contributed by atoms with Gasteiger partial charge in [-0.05, 0) is 61.4 Å². The average molecular weight is 447 g/mol. The van der Waals surface area contributed by atoms with Crippen LogP contribution in [0.15, 0.2) is 54.6 Å². The number of nitrogens with zero attached hydrogens (tertiary/aromatic N) is 3. The lowest BCUT2D eigenvalue weighted by molar-refractivity contribution is -0.120. The Balaban J connectivity index is 1.16. The minimum absolute atomic E-state index is 0.0345. The van der Waals surface area contributed by atoms with E-state index in [1.54, 1.807) is 7.11 Å². The number of amides is 1. The number of carbonyl (C=O) groups is 1. The van der Waals surface area contributed by atoms with Crippen LogP contribution in [0.25, 0.3) is 11.3 Å². The average Bonchev–Trinajstić information content (AvgIpc) is 2.89. The van der Waals surface area contributed by atoms with Crippen LogP contribution in [-0.2, 0) is 4.79 Å². The SMILES string of the molecule is COc1ccc(-c2ccc(N3CCC(C(=O)Nc4ccc5c(c4)OCCO5)CC3)nn2)cc1. The van der Waals surface area contributed by atoms with Gasteiger partial charge in [0.25, 0.3) is 0 Å². The first-order valence-electron chi connectivity index (χ1n) is 11.1. The molecular weight excluding hydrogens is 420 g/mol. The molecule has 33 heavy (non-hydrogen) atoms. The first-order valence-corrected chi connectivity index (χ1v) is 11.1. The Bertz CT molecular complexity index is 1110. The number of aromatic nitrogens is 2. The molecule has 0 atom stereocenters. The molecule has 1 saturated heterocycles. The van der Waals surface area contributed by atoms with Gasteiger partial charge in [0.05, 0.1) is 12.8 Å². The number of methoxy groups -OCH3 is 1. The third-order valence-corrected chi connectivity index (χ3v) is 6.04. The highest BCUT2D eigenvalue weighted by Crippen LogP contribution is 2.33. The maximum absolute atomic E-state index is 12.8. The van der Waals surface area contributed by atoms with E-state index in [1.807, 2.05) is 54.6 Å². The van der Waals surface area contributed by atoms with Crippen LogP contribution >= 0.6 is 0 Å². The maximum atomic E-state index is 12.8. The van der Waals surface area contributed by atoms with E-state index in [9.17, 15) is 4.79 Å². The number of benzene rings is 2. The fraction of sp³-hybridized carbons (Fsp3) is 0.320. The maximum Gasteiger partial charge on any atom is 0.227 e. The summed E-state index contributed by atoms with van der Waals surface area (Å²) in [5.74, 6) is 3.02. The van der Waals surface area contributed by atoms with E-state index in [0.29, 0.717) is 24.7 Å². The van der Waals surface area contributed by atoms with Crippen molar-refractivity contribution in [2.45, 2.75) is 12.8 Å². The number of ether oxygens (including phenoxy) is 3. The van der Waals surface area contributed by atoms with Crippen molar-refractivity contribution in [1.29, 1.82) is 0 Å². The molecular formula is C25H26N4O4. The molecule has 0 radical (unpaired) electrons. The van der Waals surface area contributed by atoms with Crippen molar-refractivity contribution < 1.29 is 19.0 Å². The molecule has 2 aliphatic heterocycles. The van der Waals surface area contributed by atoms with Crippen molar-refractivity contribution >= 4 is 17.4 Å². The zero-order chi connectivity index (χ0) is 22.6. The number of hydrogen-bond acceptors (Lipinski definition) is 7. The molecule has 3 heterocycles. The molecule has 1 aromatic heterocycles. The second-order valence-electron chi connectivity index (χ2n) is 8.11. The summed E-state index contributed by atoms with van der Waals surface area (Å²) in [7, 11) is 1.65. The normalized spacial score (nSPS) is 15.7. The Kier molecular flexibility index (Phi) is 5.97. The largest absolute Gasteiger partial charge is 0.497 e. The van der Waals surface area contributed by atoms with Gasteiger partial charge in [0.1, 0.15) is 19.0 Å². The number of nitrogens with one attached hydrogen (secondary N) is 1. The molecule has 1 amide bonds. The lowest BCUT2D eigenvalue weighted by Crippen LogP contribution is -2.38. The highest BCUT2D eigenvalue weighted by atomic mass is 16.6. The smallest absolute Gasteiger partial charge is 0.227 e. The van der Waals surface area contributed by atoms with E-state index in [0.717, 1.165) is 54.4 Å². The van der Waals surface area contributed by atoms with Crippen molar-refractivity contribution in [1.82, 2.24) is 10.2 Å². The van der Waals surface area contributed by atoms with Crippen molar-refractivity contribution in [2.24, 2.45) is 5.92 Å². The summed E-state index contributed by atoms with van der Waals surface area (Å²) in [6, 6.07) is 17.2. The number of carbonyl (C=O) groups excluding carboxylic acids is 1. The topological polar surface area (TPSA) is 85.8 Å². The van der Waals surface area contributed by atoms with E-state index < -0.39 is 0 Å². The Hall–Kier alpha value is -3.81. The van der Waals surface area contributed by atoms with E-state index in [-0.39, 0.29) is 11.8 Å². The molecule has 2 aliphatic rings. The summed E-state index contributed by atoms with van der Waals surface area (Å²) in [6.45, 7) is 2.59. The van der Waals surface area contributed by atoms with Crippen molar-refractivity contribution in [3.05, 3.63) is 54.6 Å². The Morgan fingerprint density at radius 2 is 1.73 bits per heavy atom. The molecule has 0 spiro atoms. The third-order valence-electron chi connectivity index (χ3n) is 6.04. The van der Waals surface area contributed by atoms with Gasteiger partial charge in [-0.15, -0.1) is 10.2 Å². The van der Waals surface area contributed by atoms with Gasteiger partial charge in [-0.1, -0.05) is 0 Å². The number of hydrogen-bond donors (Lipinski definition) is 1. The van der Waals surface area contributed by atoms with Gasteiger partial charge in [0.2, 0.25) is 5.91 Å². The predicted octanol–water partition coefficient (Wildman–Crippen LogP) is 3.78. The summed E-state index contributed by atoms with van der Waals surface area (Å²) in [5, 5.41) is 11.8. The predicted molar refractivity (Wildman–Crippen MR) is 125 cm³/mol. The molecule has 3 aromatic rings. The van der Waals surface area contributed by atoms with Gasteiger partial charge in [-0.2, -0.15) is 0 Å². The van der Waals surface area contributed by atoms with E-state index >= 15 is 0 Å². The fourth-order valence-electron chi connectivity index (χ4n) is 4.15. The molecule has 0 aliphatic carbocycles. The van der Waals surface area contributed by atoms with Gasteiger partial charge in [0, 0.05) is 36.3 Å². The molecule has 8 heteroatoms. The molecule has 0 unspecified atom stereocenters. The van der Waals surface area contributed by atoms with Gasteiger partial charge >= 0.3 is 0 Å². The molecule has 0 saturated carbocycles. The van der Waals surface area contributed by atoms with Crippen LogP contribution in [0, 0.1) is 5.92 Å². The van der Waals surface area contributed by atoms with Crippen molar-refractivity contribution in [3.63, 3.8) is 0 Å². The Morgan fingerprint density at radius 1 is 0.970 bits per heavy atom. The monoisotopic (exact) mass is 446 g/mol. The lowest BCUT2D eigenvalue weighted by atomic mass is 9.95. The number of anilines is 2. The minimum atomic E-state index is -0.0408. The summed E-state index contributed by atoms with van der Waals surface area (Å²) in [5.41, 5.74) is 2.53. The van der Waals surface area contributed by atoms with Gasteiger partial charge in [-0.25, -0.2) is 0 Å². The van der Waals surface area contributed by atoms with E-state index in [4.69, 9.17) is 14.2 Å². The number of fused-ring (bicyclic) bond motifs is 1. The van der Waals surface area contributed by atoms with Gasteiger partial charge in [-0.3, -0.25) is 4.79 Å². The summed E-state index contributed by atoms with van der Waals surface area (Å²) in [6.07, 6.45) is 1.52. The van der Waals surface area contributed by atoms with Crippen LogP contribution in [0.1, 0.15) is 12.8 Å². The molecule has 5 rings (SSSR count). The quantitative estimate of drug-likeness (QED) is 0.638. The second kappa shape index (κ2) is 9.36. The summed E-state index contributed by atoms with van der Waals surface area (Å²) >= 11 is 0. The van der Waals surface area contributed by atoms with Gasteiger partial charge in [0.15, 0.2) is 17.3 Å². The minimum Gasteiger partial charge on any atom is -0.497 e. The Labute approximate surface area is 192 Å². The lowest BCUT2D eigenvalue weighted by Gasteiger charge is -2.31. The van der Waals surface area contributed by atoms with Crippen LogP contribution < -0.4 is 24.4 Å². The van der Waals surface area contributed by atoms with Crippen molar-refractivity contribution in [3.8, 4) is 28.5 Å². The van der Waals surface area contributed by atoms with Crippen LogP contribution in [0.3, 0.4) is 0 Å². The standard InChI is InChI=1S/C25H26N4O4/c1-31-20-5-2-17(3-6-20)21-7-9-24(28-27-21)29-12-10-18(11-13-29)25(30)26-19-4-8-22-23(16-19)33-15-14-32-22/h2-9,16,18H,10-15H2,1H3,(H,26,30). The Morgan fingerprint density at radius 3 is 2.42 bits per heavy atom. The zero-order valence-electron chi connectivity index (χ0n) is 18.5. The molecule has 1 fully saturated rings. The molecule has 8 nitrogen and oxygen atoms in total. The first kappa shape index (κ1) is 21.1. The summed E-state index contributed by atoms with van der Waals surface area (Å²) in [4.78, 5) is 15.0. The first-order chi connectivity index (χ1) is 16.2. The van der Waals surface area contributed by atoms with E-state index in [2.05, 4.69) is 20.4 Å². The molecule has 170 valence electrons. The van der Waals surface area contributed by atoms with E-state index in [1.165, 1.54) is 0 Å². The van der Waals surface area contributed by atoms with Crippen LogP contribution in [0.2, 0.25) is 0 Å². The second-order valence-corrected chi connectivity index (χ2v) is 8.11.